The van der Waals surface area contributed by atoms with Crippen LogP contribution in [-0.4, -0.2) is 34.9 Å². The molecule has 0 amide bonds. The van der Waals surface area contributed by atoms with Gasteiger partial charge in [-0.1, -0.05) is 6.07 Å². The monoisotopic (exact) mass is 295 g/mol. The van der Waals surface area contributed by atoms with E-state index >= 15 is 0 Å². The van der Waals surface area contributed by atoms with Crippen molar-refractivity contribution in [3.63, 3.8) is 0 Å². The van der Waals surface area contributed by atoms with Gasteiger partial charge < -0.3 is 15.2 Å². The zero-order valence-corrected chi connectivity index (χ0v) is 12.6. The fourth-order valence-corrected chi connectivity index (χ4v) is 4.68. The highest BCUT2D eigenvalue weighted by atomic mass is 32.2. The molecule has 5 heteroatoms. The molecule has 1 aromatic rings. The van der Waals surface area contributed by atoms with Gasteiger partial charge >= 0.3 is 0 Å². The standard InChI is InChI=1S/C15H21NO3S/c1-11-2-3-14(13(16)8-11)20(17)12-4-6-19-15(9-12)5-7-18-10-15/h2-3,8,12H,4-7,9-10,16H2,1H3. The van der Waals surface area contributed by atoms with Gasteiger partial charge in [0.15, 0.2) is 0 Å². The van der Waals surface area contributed by atoms with Gasteiger partial charge in [0.1, 0.15) is 0 Å². The second kappa shape index (κ2) is 5.47. The van der Waals surface area contributed by atoms with Gasteiger partial charge in [0.05, 0.1) is 27.9 Å². The number of hydrogen-bond donors (Lipinski definition) is 1. The summed E-state index contributed by atoms with van der Waals surface area (Å²) in [6, 6.07) is 5.76. The highest BCUT2D eigenvalue weighted by Crippen LogP contribution is 2.36. The largest absolute Gasteiger partial charge is 0.398 e. The third-order valence-electron chi connectivity index (χ3n) is 4.20. The molecule has 2 aliphatic heterocycles. The molecule has 0 aromatic heterocycles. The predicted molar refractivity (Wildman–Crippen MR) is 79.1 cm³/mol. The average molecular weight is 295 g/mol. The molecular weight excluding hydrogens is 274 g/mol. The minimum Gasteiger partial charge on any atom is -0.398 e. The number of benzene rings is 1. The quantitative estimate of drug-likeness (QED) is 0.848. The van der Waals surface area contributed by atoms with Crippen molar-refractivity contribution in [3.8, 4) is 0 Å². The molecule has 0 radical (unpaired) electrons. The number of nitrogens with two attached hydrogens (primary N) is 1. The van der Waals surface area contributed by atoms with E-state index in [0.29, 0.717) is 18.9 Å². The third-order valence-corrected chi connectivity index (χ3v) is 6.01. The molecule has 2 heterocycles. The van der Waals surface area contributed by atoms with Crippen LogP contribution in [0.4, 0.5) is 5.69 Å². The van der Waals surface area contributed by atoms with Crippen molar-refractivity contribution in [2.75, 3.05) is 25.6 Å². The summed E-state index contributed by atoms with van der Waals surface area (Å²) in [5.41, 5.74) is 7.54. The molecule has 1 aromatic carbocycles. The van der Waals surface area contributed by atoms with E-state index in [1.54, 1.807) is 0 Å². The Labute approximate surface area is 122 Å². The van der Waals surface area contributed by atoms with Crippen molar-refractivity contribution in [1.29, 1.82) is 0 Å². The van der Waals surface area contributed by atoms with Crippen molar-refractivity contribution in [2.45, 2.75) is 41.9 Å². The summed E-state index contributed by atoms with van der Waals surface area (Å²) in [4.78, 5) is 0.761. The first-order valence-corrected chi connectivity index (χ1v) is 8.29. The summed E-state index contributed by atoms with van der Waals surface area (Å²) in [5.74, 6) is 0. The van der Waals surface area contributed by atoms with Gasteiger partial charge in [-0.2, -0.15) is 0 Å². The molecule has 2 saturated heterocycles. The van der Waals surface area contributed by atoms with Crippen LogP contribution in [-0.2, 0) is 20.3 Å². The lowest BCUT2D eigenvalue weighted by atomic mass is 9.93. The normalized spacial score (nSPS) is 31.6. The molecule has 0 aliphatic carbocycles. The average Bonchev–Trinajstić information content (AvgIpc) is 2.86. The maximum Gasteiger partial charge on any atom is 0.0948 e. The first-order chi connectivity index (χ1) is 9.60. The lowest BCUT2D eigenvalue weighted by Gasteiger charge is -2.36. The number of hydrogen-bond acceptors (Lipinski definition) is 4. The minimum atomic E-state index is -1.07. The Bertz CT molecular complexity index is 526. The lowest BCUT2D eigenvalue weighted by molar-refractivity contribution is -0.0774. The third kappa shape index (κ3) is 2.62. The van der Waals surface area contributed by atoms with E-state index in [-0.39, 0.29) is 10.9 Å². The molecule has 4 nitrogen and oxygen atoms in total. The zero-order chi connectivity index (χ0) is 14.2. The van der Waals surface area contributed by atoms with Gasteiger partial charge in [0, 0.05) is 30.6 Å². The Morgan fingerprint density at radius 1 is 1.40 bits per heavy atom. The summed E-state index contributed by atoms with van der Waals surface area (Å²) in [7, 11) is -1.07. The maximum atomic E-state index is 12.8. The van der Waals surface area contributed by atoms with Gasteiger partial charge in [-0.3, -0.25) is 4.21 Å². The number of aryl methyl sites for hydroxylation is 1. The summed E-state index contributed by atoms with van der Waals surface area (Å²) in [5, 5.41) is 0.107. The topological polar surface area (TPSA) is 61.5 Å². The second-order valence-electron chi connectivity index (χ2n) is 5.79. The number of anilines is 1. The smallest absolute Gasteiger partial charge is 0.0948 e. The van der Waals surface area contributed by atoms with Gasteiger partial charge in [-0.05, 0) is 37.5 Å². The summed E-state index contributed by atoms with van der Waals surface area (Å²) < 4.78 is 24.2. The molecule has 2 aliphatic rings. The number of rotatable bonds is 2. The first kappa shape index (κ1) is 14.0. The first-order valence-electron chi connectivity index (χ1n) is 7.08. The molecule has 3 rings (SSSR count). The molecule has 3 unspecified atom stereocenters. The molecule has 3 atom stereocenters. The second-order valence-corrected chi connectivity index (χ2v) is 7.49. The molecule has 2 N–H and O–H groups in total. The van der Waals surface area contributed by atoms with E-state index < -0.39 is 10.8 Å². The van der Waals surface area contributed by atoms with E-state index in [1.165, 1.54) is 0 Å². The van der Waals surface area contributed by atoms with Crippen LogP contribution < -0.4 is 5.73 Å². The van der Waals surface area contributed by atoms with Crippen LogP contribution >= 0.6 is 0 Å². The Kier molecular flexibility index (Phi) is 3.84. The Balaban J connectivity index is 1.79. The summed E-state index contributed by atoms with van der Waals surface area (Å²) in [6.07, 6.45) is 2.53. The van der Waals surface area contributed by atoms with Gasteiger partial charge in [0.25, 0.3) is 0 Å². The molecule has 110 valence electrons. The maximum absolute atomic E-state index is 12.8. The Morgan fingerprint density at radius 3 is 2.95 bits per heavy atom. The number of ether oxygens (including phenoxy) is 2. The van der Waals surface area contributed by atoms with Crippen LogP contribution in [0, 0.1) is 6.92 Å². The fraction of sp³-hybridized carbons (Fsp3) is 0.600. The van der Waals surface area contributed by atoms with Crippen LogP contribution in [0.15, 0.2) is 23.1 Å². The number of nitrogen functional groups attached to an aromatic ring is 1. The van der Waals surface area contributed by atoms with E-state index in [9.17, 15) is 4.21 Å². The van der Waals surface area contributed by atoms with Gasteiger partial charge in [-0.15, -0.1) is 0 Å². The zero-order valence-electron chi connectivity index (χ0n) is 11.8. The van der Waals surface area contributed by atoms with Crippen molar-refractivity contribution < 1.29 is 13.7 Å². The Morgan fingerprint density at radius 2 is 2.25 bits per heavy atom. The van der Waals surface area contributed by atoms with Crippen LogP contribution in [0.3, 0.4) is 0 Å². The summed E-state index contributed by atoms with van der Waals surface area (Å²) in [6.45, 7) is 4.02. The molecule has 0 saturated carbocycles. The van der Waals surface area contributed by atoms with Gasteiger partial charge in [-0.25, -0.2) is 0 Å². The highest BCUT2D eigenvalue weighted by Gasteiger charge is 2.43. The Hall–Kier alpha value is -0.910. The van der Waals surface area contributed by atoms with Crippen molar-refractivity contribution >= 4 is 16.5 Å². The van der Waals surface area contributed by atoms with E-state index in [2.05, 4.69) is 0 Å². The van der Waals surface area contributed by atoms with Crippen molar-refractivity contribution in [2.24, 2.45) is 0 Å². The van der Waals surface area contributed by atoms with Crippen LogP contribution in [0.2, 0.25) is 0 Å². The van der Waals surface area contributed by atoms with Gasteiger partial charge in [0.2, 0.25) is 0 Å². The molecule has 1 spiro atoms. The lowest BCUT2D eigenvalue weighted by Crippen LogP contribution is -2.43. The molecule has 20 heavy (non-hydrogen) atoms. The van der Waals surface area contributed by atoms with Crippen LogP contribution in [0.5, 0.6) is 0 Å². The summed E-state index contributed by atoms with van der Waals surface area (Å²) >= 11 is 0. The fourth-order valence-electron chi connectivity index (χ4n) is 3.06. The molecule has 0 bridgehead atoms. The van der Waals surface area contributed by atoms with Crippen molar-refractivity contribution in [1.82, 2.24) is 0 Å². The highest BCUT2D eigenvalue weighted by molar-refractivity contribution is 7.85. The SMILES string of the molecule is Cc1ccc(S(=O)C2CCOC3(CCOC3)C2)c(N)c1. The van der Waals surface area contributed by atoms with E-state index in [0.717, 1.165) is 36.3 Å². The molecular formula is C15H21NO3S. The van der Waals surface area contributed by atoms with Crippen LogP contribution in [0.25, 0.3) is 0 Å². The predicted octanol–water partition coefficient (Wildman–Crippen LogP) is 2.02. The van der Waals surface area contributed by atoms with E-state index in [1.807, 2.05) is 25.1 Å². The minimum absolute atomic E-state index is 0.107. The molecule has 2 fully saturated rings. The van der Waals surface area contributed by atoms with E-state index in [4.69, 9.17) is 15.2 Å². The van der Waals surface area contributed by atoms with Crippen LogP contribution in [0.1, 0.15) is 24.8 Å². The van der Waals surface area contributed by atoms with Crippen molar-refractivity contribution in [3.05, 3.63) is 23.8 Å².